The van der Waals surface area contributed by atoms with Crippen LogP contribution in [0, 0.1) is 6.92 Å². The molecule has 3 rings (SSSR count). The summed E-state index contributed by atoms with van der Waals surface area (Å²) in [6, 6.07) is 13.0. The molecule has 1 aliphatic rings. The van der Waals surface area contributed by atoms with Crippen LogP contribution in [0.3, 0.4) is 0 Å². The molecule has 136 valence electrons. The minimum atomic E-state index is -1.81. The summed E-state index contributed by atoms with van der Waals surface area (Å²) in [5.74, 6) is 0.00273. The number of fused-ring (bicyclic) bond motifs is 1. The Kier molecular flexibility index (Phi) is 4.83. The number of Topliss-reactive ketones (excluding diaryl/α,β-unsaturated/α-hetero) is 1. The Labute approximate surface area is 153 Å². The second-order valence-corrected chi connectivity index (χ2v) is 6.69. The lowest BCUT2D eigenvalue weighted by molar-refractivity contribution is -0.141. The fourth-order valence-corrected chi connectivity index (χ4v) is 3.45. The number of nitrogens with zero attached hydrogens (tertiary/aromatic N) is 1. The van der Waals surface area contributed by atoms with Crippen LogP contribution < -0.4 is 9.64 Å². The number of benzene rings is 2. The molecule has 2 aromatic rings. The molecule has 1 amide bonds. The predicted molar refractivity (Wildman–Crippen MR) is 99.2 cm³/mol. The van der Waals surface area contributed by atoms with Gasteiger partial charge in [0.2, 0.25) is 0 Å². The molecule has 1 heterocycles. The number of carbonyl (C=O) groups excluding carboxylic acids is 2. The Morgan fingerprint density at radius 2 is 1.96 bits per heavy atom. The van der Waals surface area contributed by atoms with Crippen molar-refractivity contribution < 1.29 is 19.4 Å². The van der Waals surface area contributed by atoms with E-state index in [0.717, 1.165) is 11.1 Å². The summed E-state index contributed by atoms with van der Waals surface area (Å²) in [5.41, 5.74) is 1.09. The predicted octanol–water partition coefficient (Wildman–Crippen LogP) is 3.11. The quantitative estimate of drug-likeness (QED) is 0.866. The maximum absolute atomic E-state index is 13.1. The molecule has 0 aromatic heterocycles. The summed E-state index contributed by atoms with van der Waals surface area (Å²) in [5, 5.41) is 11.1. The van der Waals surface area contributed by atoms with Crippen LogP contribution in [-0.2, 0) is 21.7 Å². The number of hydrogen-bond donors (Lipinski definition) is 1. The molecule has 0 bridgehead atoms. The highest BCUT2D eigenvalue weighted by Gasteiger charge is 2.50. The van der Waals surface area contributed by atoms with E-state index < -0.39 is 11.5 Å². The SMILES string of the molecule is CCOc1ccccc1CN1C(=O)[C@](O)(CC(C)=O)c2cc(C)ccc21. The third-order valence-electron chi connectivity index (χ3n) is 4.59. The van der Waals surface area contributed by atoms with Crippen molar-refractivity contribution in [3.63, 3.8) is 0 Å². The van der Waals surface area contributed by atoms with Gasteiger partial charge in [0.25, 0.3) is 5.91 Å². The molecule has 0 saturated carbocycles. The van der Waals surface area contributed by atoms with Crippen LogP contribution in [0.15, 0.2) is 42.5 Å². The minimum absolute atomic E-state index is 0.230. The number of anilines is 1. The molecule has 1 atom stereocenters. The molecule has 1 N–H and O–H groups in total. The summed E-state index contributed by atoms with van der Waals surface area (Å²) < 4.78 is 5.65. The van der Waals surface area contributed by atoms with Gasteiger partial charge in [0.1, 0.15) is 11.5 Å². The molecule has 0 unspecified atom stereocenters. The smallest absolute Gasteiger partial charge is 0.264 e. The molecule has 5 nitrogen and oxygen atoms in total. The lowest BCUT2D eigenvalue weighted by Crippen LogP contribution is -2.41. The van der Waals surface area contributed by atoms with E-state index in [9.17, 15) is 14.7 Å². The first-order valence-corrected chi connectivity index (χ1v) is 8.72. The zero-order valence-electron chi connectivity index (χ0n) is 15.3. The van der Waals surface area contributed by atoms with Crippen LogP contribution in [0.4, 0.5) is 5.69 Å². The van der Waals surface area contributed by atoms with E-state index in [2.05, 4.69) is 0 Å². The van der Waals surface area contributed by atoms with Gasteiger partial charge in [0.15, 0.2) is 5.60 Å². The molecule has 0 fully saturated rings. The number of amides is 1. The second-order valence-electron chi connectivity index (χ2n) is 6.69. The second kappa shape index (κ2) is 6.92. The van der Waals surface area contributed by atoms with Crippen molar-refractivity contribution in [3.05, 3.63) is 59.2 Å². The summed E-state index contributed by atoms with van der Waals surface area (Å²) in [6.45, 7) is 5.97. The van der Waals surface area contributed by atoms with Gasteiger partial charge in [-0.1, -0.05) is 35.9 Å². The van der Waals surface area contributed by atoms with E-state index >= 15 is 0 Å². The lowest BCUT2D eigenvalue weighted by Gasteiger charge is -2.23. The van der Waals surface area contributed by atoms with Crippen molar-refractivity contribution in [1.29, 1.82) is 0 Å². The van der Waals surface area contributed by atoms with Crippen molar-refractivity contribution >= 4 is 17.4 Å². The van der Waals surface area contributed by atoms with Crippen LogP contribution in [0.25, 0.3) is 0 Å². The molecule has 5 heteroatoms. The Morgan fingerprint density at radius 1 is 1.23 bits per heavy atom. The number of hydrogen-bond acceptors (Lipinski definition) is 4. The summed E-state index contributed by atoms with van der Waals surface area (Å²) in [6.07, 6.45) is -0.230. The van der Waals surface area contributed by atoms with Crippen LogP contribution >= 0.6 is 0 Å². The first kappa shape index (κ1) is 18.1. The zero-order valence-corrected chi connectivity index (χ0v) is 15.3. The maximum Gasteiger partial charge on any atom is 0.264 e. The van der Waals surface area contributed by atoms with Gasteiger partial charge in [0, 0.05) is 17.5 Å². The Morgan fingerprint density at radius 3 is 2.65 bits per heavy atom. The average molecular weight is 353 g/mol. The van der Waals surface area contributed by atoms with Crippen molar-refractivity contribution in [2.75, 3.05) is 11.5 Å². The maximum atomic E-state index is 13.1. The van der Waals surface area contributed by atoms with E-state index in [0.29, 0.717) is 23.6 Å². The molecule has 0 saturated heterocycles. The fourth-order valence-electron chi connectivity index (χ4n) is 3.45. The molecule has 0 aliphatic carbocycles. The van der Waals surface area contributed by atoms with E-state index in [-0.39, 0.29) is 18.7 Å². The Hall–Kier alpha value is -2.66. The number of ether oxygens (including phenoxy) is 1. The zero-order chi connectivity index (χ0) is 18.9. The van der Waals surface area contributed by atoms with Gasteiger partial charge in [-0.2, -0.15) is 0 Å². The summed E-state index contributed by atoms with van der Waals surface area (Å²) in [4.78, 5) is 26.3. The first-order chi connectivity index (χ1) is 12.4. The van der Waals surface area contributed by atoms with Gasteiger partial charge in [0.05, 0.1) is 18.8 Å². The fraction of sp³-hybridized carbons (Fsp3) is 0.333. The van der Waals surface area contributed by atoms with Crippen molar-refractivity contribution in [2.24, 2.45) is 0 Å². The van der Waals surface area contributed by atoms with E-state index in [1.807, 2.05) is 50.2 Å². The molecule has 0 radical (unpaired) electrons. The lowest BCUT2D eigenvalue weighted by atomic mass is 9.89. The number of para-hydroxylation sites is 1. The highest BCUT2D eigenvalue weighted by molar-refractivity contribution is 6.08. The van der Waals surface area contributed by atoms with Crippen LogP contribution in [0.2, 0.25) is 0 Å². The van der Waals surface area contributed by atoms with Gasteiger partial charge >= 0.3 is 0 Å². The molecule has 26 heavy (non-hydrogen) atoms. The van der Waals surface area contributed by atoms with Crippen molar-refractivity contribution in [2.45, 2.75) is 39.3 Å². The highest BCUT2D eigenvalue weighted by atomic mass is 16.5. The third kappa shape index (κ3) is 3.10. The minimum Gasteiger partial charge on any atom is -0.494 e. The van der Waals surface area contributed by atoms with E-state index in [4.69, 9.17) is 4.74 Å². The van der Waals surface area contributed by atoms with Crippen molar-refractivity contribution in [1.82, 2.24) is 0 Å². The number of aliphatic hydroxyl groups is 1. The Bertz CT molecular complexity index is 861. The molecule has 2 aromatic carbocycles. The van der Waals surface area contributed by atoms with E-state index in [1.165, 1.54) is 11.8 Å². The standard InChI is InChI=1S/C21H23NO4/c1-4-26-19-8-6-5-7-16(19)13-22-18-10-9-14(2)11-17(18)21(25,20(22)24)12-15(3)23/h5-11,25H,4,12-13H2,1-3H3/t21-/m0/s1. The summed E-state index contributed by atoms with van der Waals surface area (Å²) >= 11 is 0. The third-order valence-corrected chi connectivity index (χ3v) is 4.59. The van der Waals surface area contributed by atoms with Gasteiger partial charge in [-0.15, -0.1) is 0 Å². The normalized spacial score (nSPS) is 18.8. The average Bonchev–Trinajstić information content (AvgIpc) is 2.78. The highest BCUT2D eigenvalue weighted by Crippen LogP contribution is 2.44. The number of rotatable bonds is 6. The van der Waals surface area contributed by atoms with Crippen LogP contribution in [0.1, 0.15) is 37.0 Å². The number of ketones is 1. The van der Waals surface area contributed by atoms with Gasteiger partial charge in [-0.3, -0.25) is 9.59 Å². The van der Waals surface area contributed by atoms with Crippen molar-refractivity contribution in [3.8, 4) is 5.75 Å². The number of aryl methyl sites for hydroxylation is 1. The largest absolute Gasteiger partial charge is 0.494 e. The summed E-state index contributed by atoms with van der Waals surface area (Å²) in [7, 11) is 0. The van der Waals surface area contributed by atoms with Crippen LogP contribution in [0.5, 0.6) is 5.75 Å². The molecule has 1 aliphatic heterocycles. The van der Waals surface area contributed by atoms with Gasteiger partial charge in [-0.25, -0.2) is 0 Å². The van der Waals surface area contributed by atoms with E-state index in [1.54, 1.807) is 6.07 Å². The molecule has 0 spiro atoms. The number of carbonyl (C=O) groups is 2. The molecular weight excluding hydrogens is 330 g/mol. The first-order valence-electron chi connectivity index (χ1n) is 8.72. The Balaban J connectivity index is 2.04. The van der Waals surface area contributed by atoms with Gasteiger partial charge < -0.3 is 14.7 Å². The molecular formula is C21H23NO4. The van der Waals surface area contributed by atoms with Crippen LogP contribution in [-0.4, -0.2) is 23.4 Å². The monoisotopic (exact) mass is 353 g/mol. The topological polar surface area (TPSA) is 66.8 Å². The van der Waals surface area contributed by atoms with Gasteiger partial charge in [-0.05, 0) is 32.9 Å².